The standard InChI is InChI=1S/C10H10ClF4N/c11-7-3-1-2-6(10(13,14)15)9(7)8(16)4-5-12/h1-3,8H,4-5,16H2/t8-/m0/s1. The Morgan fingerprint density at radius 1 is 1.31 bits per heavy atom. The van der Waals surface area contributed by atoms with Gasteiger partial charge in [-0.25, -0.2) is 0 Å². The van der Waals surface area contributed by atoms with Crippen LogP contribution in [0, 0.1) is 0 Å². The highest BCUT2D eigenvalue weighted by Crippen LogP contribution is 2.38. The Kier molecular flexibility index (Phi) is 4.15. The van der Waals surface area contributed by atoms with Gasteiger partial charge >= 0.3 is 6.18 Å². The maximum Gasteiger partial charge on any atom is 0.416 e. The fourth-order valence-corrected chi connectivity index (χ4v) is 1.74. The summed E-state index contributed by atoms with van der Waals surface area (Å²) in [5.74, 6) is 0. The van der Waals surface area contributed by atoms with Gasteiger partial charge in [-0.2, -0.15) is 13.2 Å². The minimum atomic E-state index is -4.53. The molecule has 90 valence electrons. The summed E-state index contributed by atoms with van der Waals surface area (Å²) in [7, 11) is 0. The first-order chi connectivity index (χ1) is 7.38. The summed E-state index contributed by atoms with van der Waals surface area (Å²) in [5.41, 5.74) is 4.34. The van der Waals surface area contributed by atoms with E-state index < -0.39 is 24.5 Å². The van der Waals surface area contributed by atoms with Crippen molar-refractivity contribution in [2.24, 2.45) is 5.73 Å². The van der Waals surface area contributed by atoms with Gasteiger partial charge in [-0.1, -0.05) is 17.7 Å². The third-order valence-electron chi connectivity index (χ3n) is 2.15. The second kappa shape index (κ2) is 5.01. The number of nitrogens with two attached hydrogens (primary N) is 1. The maximum atomic E-state index is 12.6. The zero-order valence-corrected chi connectivity index (χ0v) is 8.95. The molecule has 0 fully saturated rings. The molecule has 1 aromatic carbocycles. The molecule has 0 saturated carbocycles. The second-order valence-corrected chi connectivity index (χ2v) is 3.69. The fourth-order valence-electron chi connectivity index (χ4n) is 1.42. The molecule has 6 heteroatoms. The number of hydrogen-bond acceptors (Lipinski definition) is 1. The summed E-state index contributed by atoms with van der Waals surface area (Å²) in [5, 5.41) is -0.0872. The molecule has 0 aliphatic heterocycles. The Bertz CT molecular complexity index is 364. The highest BCUT2D eigenvalue weighted by atomic mass is 35.5. The molecular weight excluding hydrogens is 246 g/mol. The molecule has 16 heavy (non-hydrogen) atoms. The first kappa shape index (κ1) is 13.3. The maximum absolute atomic E-state index is 12.6. The Morgan fingerprint density at radius 3 is 2.44 bits per heavy atom. The van der Waals surface area contributed by atoms with Crippen molar-refractivity contribution in [1.82, 2.24) is 0 Å². The quantitative estimate of drug-likeness (QED) is 0.819. The van der Waals surface area contributed by atoms with Crippen LogP contribution < -0.4 is 5.73 Å². The molecule has 0 spiro atoms. The number of halogens is 5. The molecule has 0 aliphatic carbocycles. The van der Waals surface area contributed by atoms with Crippen LogP contribution in [0.1, 0.15) is 23.6 Å². The predicted molar refractivity (Wildman–Crippen MR) is 54.0 cm³/mol. The zero-order chi connectivity index (χ0) is 12.3. The lowest BCUT2D eigenvalue weighted by Crippen LogP contribution is -2.18. The van der Waals surface area contributed by atoms with Gasteiger partial charge in [-0.05, 0) is 24.1 Å². The van der Waals surface area contributed by atoms with E-state index in [4.69, 9.17) is 17.3 Å². The number of alkyl halides is 4. The average molecular weight is 256 g/mol. The van der Waals surface area contributed by atoms with Crippen molar-refractivity contribution in [2.75, 3.05) is 6.67 Å². The van der Waals surface area contributed by atoms with Crippen LogP contribution in [0.4, 0.5) is 17.6 Å². The molecule has 1 aromatic rings. The molecule has 0 bridgehead atoms. The highest BCUT2D eigenvalue weighted by Gasteiger charge is 2.35. The third kappa shape index (κ3) is 2.86. The summed E-state index contributed by atoms with van der Waals surface area (Å²) in [6, 6.07) is 2.34. The monoisotopic (exact) mass is 255 g/mol. The average Bonchev–Trinajstić information content (AvgIpc) is 2.16. The Balaban J connectivity index is 3.24. The molecular formula is C10H10ClF4N. The van der Waals surface area contributed by atoms with Crippen molar-refractivity contribution < 1.29 is 17.6 Å². The van der Waals surface area contributed by atoms with Crippen molar-refractivity contribution >= 4 is 11.6 Å². The van der Waals surface area contributed by atoms with Gasteiger partial charge in [0.2, 0.25) is 0 Å². The minimum absolute atomic E-state index is 0.0872. The van der Waals surface area contributed by atoms with E-state index in [-0.39, 0.29) is 17.0 Å². The molecule has 0 aliphatic rings. The van der Waals surface area contributed by atoms with Crippen LogP contribution in [0.25, 0.3) is 0 Å². The fraction of sp³-hybridized carbons (Fsp3) is 0.400. The van der Waals surface area contributed by atoms with Gasteiger partial charge in [0.1, 0.15) is 0 Å². The first-order valence-corrected chi connectivity index (χ1v) is 4.93. The van der Waals surface area contributed by atoms with Gasteiger partial charge in [0, 0.05) is 11.1 Å². The van der Waals surface area contributed by atoms with Crippen molar-refractivity contribution in [2.45, 2.75) is 18.6 Å². The summed E-state index contributed by atoms with van der Waals surface area (Å²) < 4.78 is 49.9. The lowest BCUT2D eigenvalue weighted by Gasteiger charge is -2.18. The minimum Gasteiger partial charge on any atom is -0.324 e. The van der Waals surface area contributed by atoms with Crippen LogP contribution in [0.15, 0.2) is 18.2 Å². The van der Waals surface area contributed by atoms with E-state index in [2.05, 4.69) is 0 Å². The van der Waals surface area contributed by atoms with Crippen LogP contribution in [-0.4, -0.2) is 6.67 Å². The Labute approximate surface area is 95.2 Å². The van der Waals surface area contributed by atoms with Gasteiger partial charge in [0.05, 0.1) is 12.2 Å². The second-order valence-electron chi connectivity index (χ2n) is 3.28. The lowest BCUT2D eigenvalue weighted by molar-refractivity contribution is -0.138. The number of hydrogen-bond donors (Lipinski definition) is 1. The summed E-state index contributed by atoms with van der Waals surface area (Å²) in [4.78, 5) is 0. The molecule has 0 amide bonds. The third-order valence-corrected chi connectivity index (χ3v) is 2.48. The van der Waals surface area contributed by atoms with Crippen molar-refractivity contribution in [3.05, 3.63) is 34.3 Å². The number of benzene rings is 1. The van der Waals surface area contributed by atoms with E-state index in [9.17, 15) is 17.6 Å². The molecule has 0 saturated heterocycles. The topological polar surface area (TPSA) is 26.0 Å². The van der Waals surface area contributed by atoms with Gasteiger partial charge in [0.15, 0.2) is 0 Å². The molecule has 1 nitrogen and oxygen atoms in total. The molecule has 0 radical (unpaired) electrons. The lowest BCUT2D eigenvalue weighted by atomic mass is 9.98. The van der Waals surface area contributed by atoms with Gasteiger partial charge in [-0.3, -0.25) is 4.39 Å². The summed E-state index contributed by atoms with van der Waals surface area (Å²) >= 11 is 5.66. The summed E-state index contributed by atoms with van der Waals surface area (Å²) in [6.07, 6.45) is -4.72. The van der Waals surface area contributed by atoms with Crippen LogP contribution in [0.3, 0.4) is 0 Å². The molecule has 1 rings (SSSR count). The van der Waals surface area contributed by atoms with Crippen LogP contribution in [-0.2, 0) is 6.18 Å². The van der Waals surface area contributed by atoms with Crippen LogP contribution in [0.5, 0.6) is 0 Å². The van der Waals surface area contributed by atoms with Crippen molar-refractivity contribution in [3.8, 4) is 0 Å². The molecule has 0 aromatic heterocycles. The highest BCUT2D eigenvalue weighted by molar-refractivity contribution is 6.31. The van der Waals surface area contributed by atoms with E-state index in [1.165, 1.54) is 12.1 Å². The normalized spacial score (nSPS) is 13.9. The van der Waals surface area contributed by atoms with E-state index >= 15 is 0 Å². The molecule has 0 heterocycles. The van der Waals surface area contributed by atoms with E-state index in [0.717, 1.165) is 6.07 Å². The predicted octanol–water partition coefficient (Wildman–Crippen LogP) is 3.72. The van der Waals surface area contributed by atoms with E-state index in [1.807, 2.05) is 0 Å². The first-order valence-electron chi connectivity index (χ1n) is 4.55. The molecule has 2 N–H and O–H groups in total. The summed E-state index contributed by atoms with van der Waals surface area (Å²) in [6.45, 7) is -0.788. The number of rotatable bonds is 3. The van der Waals surface area contributed by atoms with E-state index in [1.54, 1.807) is 0 Å². The Morgan fingerprint density at radius 2 is 1.94 bits per heavy atom. The van der Waals surface area contributed by atoms with Gasteiger partial charge in [-0.15, -0.1) is 0 Å². The van der Waals surface area contributed by atoms with Gasteiger partial charge in [0.25, 0.3) is 0 Å². The molecule has 1 atom stereocenters. The van der Waals surface area contributed by atoms with Crippen molar-refractivity contribution in [1.29, 1.82) is 0 Å². The van der Waals surface area contributed by atoms with Crippen LogP contribution >= 0.6 is 11.6 Å². The van der Waals surface area contributed by atoms with Crippen molar-refractivity contribution in [3.63, 3.8) is 0 Å². The van der Waals surface area contributed by atoms with E-state index in [0.29, 0.717) is 0 Å². The zero-order valence-electron chi connectivity index (χ0n) is 8.19. The Hall–Kier alpha value is -0.810. The SMILES string of the molecule is N[C@@H](CCF)c1c(Cl)cccc1C(F)(F)F. The van der Waals surface area contributed by atoms with Gasteiger partial charge < -0.3 is 5.73 Å². The largest absolute Gasteiger partial charge is 0.416 e. The smallest absolute Gasteiger partial charge is 0.324 e. The molecule has 0 unspecified atom stereocenters. The van der Waals surface area contributed by atoms with Crippen LogP contribution in [0.2, 0.25) is 5.02 Å².